The van der Waals surface area contributed by atoms with Crippen molar-refractivity contribution >= 4 is 38.9 Å². The van der Waals surface area contributed by atoms with E-state index in [2.05, 4.69) is 15.0 Å². The summed E-state index contributed by atoms with van der Waals surface area (Å²) in [5.74, 6) is 0.150. The van der Waals surface area contributed by atoms with Crippen LogP contribution in [0.4, 0.5) is 5.69 Å². The van der Waals surface area contributed by atoms with Gasteiger partial charge in [0.15, 0.2) is 10.9 Å². The minimum atomic E-state index is -3.91. The summed E-state index contributed by atoms with van der Waals surface area (Å²) in [4.78, 5) is 0.121. The first-order valence-corrected chi connectivity index (χ1v) is 10.8. The zero-order chi connectivity index (χ0) is 20.9. The van der Waals surface area contributed by atoms with Crippen molar-refractivity contribution in [2.24, 2.45) is 4.40 Å². The van der Waals surface area contributed by atoms with Crippen LogP contribution in [0.15, 0.2) is 88.2 Å². The maximum absolute atomic E-state index is 12.8. The number of benzene rings is 3. The summed E-state index contributed by atoms with van der Waals surface area (Å²) in [6.45, 7) is 3.85. The van der Waals surface area contributed by atoms with E-state index >= 15 is 0 Å². The van der Waals surface area contributed by atoms with E-state index in [1.165, 1.54) is 0 Å². The summed E-state index contributed by atoms with van der Waals surface area (Å²) in [6.07, 6.45) is 0. The Morgan fingerprint density at radius 1 is 0.862 bits per heavy atom. The number of nitrogens with zero attached hydrogens (tertiary/aromatic N) is 1. The summed E-state index contributed by atoms with van der Waals surface area (Å²) < 4.78 is 29.7. The molecule has 0 saturated heterocycles. The quantitative estimate of drug-likeness (QED) is 0.369. The molecule has 0 heterocycles. The highest BCUT2D eigenvalue weighted by molar-refractivity contribution is 7.90. The van der Waals surface area contributed by atoms with Gasteiger partial charge in [-0.15, -0.1) is 4.40 Å². The van der Waals surface area contributed by atoms with Crippen LogP contribution in [-0.2, 0) is 10.0 Å². The second-order valence-corrected chi connectivity index (χ2v) is 8.50. The number of aryl methyl sites for hydroxylation is 2. The highest BCUT2D eigenvalue weighted by Gasteiger charge is 2.16. The van der Waals surface area contributed by atoms with Crippen molar-refractivity contribution in [2.75, 3.05) is 5.32 Å². The fourth-order valence-corrected chi connectivity index (χ4v) is 3.78. The molecule has 7 heteroatoms. The standard InChI is InChI=1S/C22H21N3O2S2/c1-16-12-14-19(15-13-16)29(26,27)25-21(18-9-4-3-5-10-18)24-22(28)23-20-11-7-6-8-17(20)2/h3-15H,1-2H3,(H2,23,24,25,28). The van der Waals surface area contributed by atoms with Crippen molar-refractivity contribution in [3.05, 3.63) is 95.6 Å². The molecular weight excluding hydrogens is 402 g/mol. The third-order valence-corrected chi connectivity index (χ3v) is 5.70. The zero-order valence-electron chi connectivity index (χ0n) is 16.1. The predicted molar refractivity (Wildman–Crippen MR) is 122 cm³/mol. The number of sulfonamides is 1. The molecule has 0 spiro atoms. The smallest absolute Gasteiger partial charge is 0.284 e. The maximum Gasteiger partial charge on any atom is 0.284 e. The van der Waals surface area contributed by atoms with E-state index in [9.17, 15) is 8.42 Å². The van der Waals surface area contributed by atoms with Gasteiger partial charge in [0.05, 0.1) is 4.90 Å². The zero-order valence-corrected chi connectivity index (χ0v) is 17.7. The van der Waals surface area contributed by atoms with Gasteiger partial charge in [-0.2, -0.15) is 8.42 Å². The molecule has 0 bridgehead atoms. The third-order valence-electron chi connectivity index (χ3n) is 4.20. The molecule has 0 aromatic heterocycles. The van der Waals surface area contributed by atoms with Gasteiger partial charge < -0.3 is 10.6 Å². The highest BCUT2D eigenvalue weighted by Crippen LogP contribution is 2.16. The molecule has 2 N–H and O–H groups in total. The first-order chi connectivity index (χ1) is 13.8. The SMILES string of the molecule is Cc1ccc(S(=O)(=O)N=C(NC(=S)Nc2ccccc2C)c2ccccc2)cc1. The average molecular weight is 424 g/mol. The molecule has 3 aromatic carbocycles. The molecule has 29 heavy (non-hydrogen) atoms. The lowest BCUT2D eigenvalue weighted by molar-refractivity contribution is 0.598. The maximum atomic E-state index is 12.8. The van der Waals surface area contributed by atoms with E-state index in [0.29, 0.717) is 5.56 Å². The Hall–Kier alpha value is -3.03. The van der Waals surface area contributed by atoms with Crippen molar-refractivity contribution in [2.45, 2.75) is 18.7 Å². The predicted octanol–water partition coefficient (Wildman–Crippen LogP) is 4.43. The highest BCUT2D eigenvalue weighted by atomic mass is 32.2. The topological polar surface area (TPSA) is 70.6 Å². The van der Waals surface area contributed by atoms with Crippen LogP contribution in [0.3, 0.4) is 0 Å². The Morgan fingerprint density at radius 2 is 1.48 bits per heavy atom. The summed E-state index contributed by atoms with van der Waals surface area (Å²) >= 11 is 5.40. The number of thiocarbonyl (C=S) groups is 1. The lowest BCUT2D eigenvalue weighted by Crippen LogP contribution is -2.35. The largest absolute Gasteiger partial charge is 0.332 e. The second-order valence-electron chi connectivity index (χ2n) is 6.49. The third kappa shape index (κ3) is 5.49. The molecule has 0 radical (unpaired) electrons. The van der Waals surface area contributed by atoms with E-state index < -0.39 is 10.0 Å². The second kappa shape index (κ2) is 8.98. The fraction of sp³-hybridized carbons (Fsp3) is 0.0909. The van der Waals surface area contributed by atoms with Crippen molar-refractivity contribution in [1.29, 1.82) is 0 Å². The Kier molecular flexibility index (Phi) is 6.41. The number of rotatable bonds is 4. The van der Waals surface area contributed by atoms with Crippen LogP contribution in [0.25, 0.3) is 0 Å². The van der Waals surface area contributed by atoms with E-state index in [4.69, 9.17) is 12.2 Å². The van der Waals surface area contributed by atoms with Crippen LogP contribution in [0.5, 0.6) is 0 Å². The van der Waals surface area contributed by atoms with E-state index in [-0.39, 0.29) is 15.8 Å². The van der Waals surface area contributed by atoms with Crippen molar-refractivity contribution in [3.8, 4) is 0 Å². The van der Waals surface area contributed by atoms with Crippen LogP contribution in [-0.4, -0.2) is 19.4 Å². The number of hydrogen-bond acceptors (Lipinski definition) is 3. The molecule has 0 saturated carbocycles. The van der Waals surface area contributed by atoms with Gasteiger partial charge in [-0.25, -0.2) is 0 Å². The Morgan fingerprint density at radius 3 is 2.14 bits per heavy atom. The van der Waals surface area contributed by atoms with Crippen molar-refractivity contribution < 1.29 is 8.42 Å². The van der Waals surface area contributed by atoms with Crippen molar-refractivity contribution in [1.82, 2.24) is 5.32 Å². The number of hydrogen-bond donors (Lipinski definition) is 2. The molecule has 0 unspecified atom stereocenters. The lowest BCUT2D eigenvalue weighted by Gasteiger charge is -2.14. The molecule has 0 atom stereocenters. The molecule has 0 amide bonds. The van der Waals surface area contributed by atoms with Gasteiger partial charge in [0.25, 0.3) is 10.0 Å². The summed E-state index contributed by atoms with van der Waals surface area (Å²) in [5, 5.41) is 6.28. The fourth-order valence-electron chi connectivity index (χ4n) is 2.60. The Balaban J connectivity index is 1.93. The molecular formula is C22H21N3O2S2. The van der Waals surface area contributed by atoms with Gasteiger partial charge in [-0.05, 0) is 49.8 Å². The number of anilines is 1. The first kappa shape index (κ1) is 20.7. The number of amidine groups is 1. The summed E-state index contributed by atoms with van der Waals surface area (Å²) in [5.41, 5.74) is 3.43. The molecule has 3 aromatic rings. The van der Waals surface area contributed by atoms with Crippen LogP contribution >= 0.6 is 12.2 Å². The minimum absolute atomic E-state index is 0.121. The lowest BCUT2D eigenvalue weighted by atomic mass is 10.2. The van der Waals surface area contributed by atoms with Gasteiger partial charge in [0.1, 0.15) is 0 Å². The van der Waals surface area contributed by atoms with Gasteiger partial charge in [-0.1, -0.05) is 66.2 Å². The summed E-state index contributed by atoms with van der Waals surface area (Å²) in [6, 6.07) is 23.2. The molecule has 3 rings (SSSR count). The summed E-state index contributed by atoms with van der Waals surface area (Å²) in [7, 11) is -3.91. The molecule has 0 fully saturated rings. The minimum Gasteiger partial charge on any atom is -0.332 e. The first-order valence-electron chi connectivity index (χ1n) is 8.96. The molecule has 148 valence electrons. The molecule has 0 aliphatic carbocycles. The molecule has 0 aliphatic rings. The Labute approximate surface area is 176 Å². The number of nitrogens with one attached hydrogen (secondary N) is 2. The van der Waals surface area contributed by atoms with Crippen LogP contribution in [0, 0.1) is 13.8 Å². The monoisotopic (exact) mass is 423 g/mol. The van der Waals surface area contributed by atoms with E-state index in [0.717, 1.165) is 16.8 Å². The van der Waals surface area contributed by atoms with E-state index in [1.54, 1.807) is 36.4 Å². The normalized spacial score (nSPS) is 11.7. The average Bonchev–Trinajstić information content (AvgIpc) is 2.70. The molecule has 5 nitrogen and oxygen atoms in total. The Bertz CT molecular complexity index is 1140. The van der Waals surface area contributed by atoms with Gasteiger partial charge in [-0.3, -0.25) is 0 Å². The van der Waals surface area contributed by atoms with Gasteiger partial charge in [0, 0.05) is 11.3 Å². The molecule has 0 aliphatic heterocycles. The van der Waals surface area contributed by atoms with Crippen LogP contribution in [0.2, 0.25) is 0 Å². The van der Waals surface area contributed by atoms with Gasteiger partial charge in [0.2, 0.25) is 0 Å². The number of para-hydroxylation sites is 1. The van der Waals surface area contributed by atoms with Crippen molar-refractivity contribution in [3.63, 3.8) is 0 Å². The van der Waals surface area contributed by atoms with E-state index in [1.807, 2.05) is 56.3 Å². The van der Waals surface area contributed by atoms with Gasteiger partial charge >= 0.3 is 0 Å². The van der Waals surface area contributed by atoms with Crippen LogP contribution in [0.1, 0.15) is 16.7 Å². The van der Waals surface area contributed by atoms with Crippen LogP contribution < -0.4 is 10.6 Å².